The summed E-state index contributed by atoms with van der Waals surface area (Å²) in [4.78, 5) is 25.8. The van der Waals surface area contributed by atoms with Crippen molar-refractivity contribution in [2.24, 2.45) is 7.05 Å². The highest BCUT2D eigenvalue weighted by Gasteiger charge is 2.34. The molecule has 3 aromatic rings. The third-order valence-electron chi connectivity index (χ3n) is 7.63. The van der Waals surface area contributed by atoms with Gasteiger partial charge in [-0.1, -0.05) is 0 Å². The van der Waals surface area contributed by atoms with Gasteiger partial charge in [0.15, 0.2) is 0 Å². The molecule has 3 aromatic heterocycles. The van der Waals surface area contributed by atoms with Gasteiger partial charge in [0.05, 0.1) is 36.9 Å². The van der Waals surface area contributed by atoms with Crippen molar-refractivity contribution >= 4 is 39.2 Å². The third-order valence-corrected chi connectivity index (χ3v) is 8.79. The zero-order valence-electron chi connectivity index (χ0n) is 20.5. The van der Waals surface area contributed by atoms with Gasteiger partial charge in [0, 0.05) is 37.3 Å². The van der Waals surface area contributed by atoms with Crippen molar-refractivity contribution in [1.82, 2.24) is 24.6 Å². The van der Waals surface area contributed by atoms with Gasteiger partial charge in [-0.15, -0.1) is 11.3 Å². The van der Waals surface area contributed by atoms with Crippen molar-refractivity contribution in [3.8, 4) is 5.88 Å². The van der Waals surface area contributed by atoms with Gasteiger partial charge in [-0.2, -0.15) is 10.1 Å². The number of nitrogens with zero attached hydrogens (tertiary/aromatic N) is 5. The molecule has 2 aliphatic carbocycles. The van der Waals surface area contributed by atoms with Crippen molar-refractivity contribution in [2.45, 2.75) is 63.0 Å². The standard InChI is InChI=1S/C25H32N6O4S/c1-30-14-16(13-26-30)27-25-28-23(35-18-5-3-17(4-6-18)31-8-10-34-11-9-31)22-21-15(12-20(32)33)2-7-19(21)36-24(22)29-25/h13-15,17-18H,2-12H2,1H3,(H,32,33)(H,27,28,29)/t15-,17-,18-/m1/s1. The predicted octanol–water partition coefficient (Wildman–Crippen LogP) is 3.70. The zero-order valence-corrected chi connectivity index (χ0v) is 21.3. The Bertz CT molecular complexity index is 1240. The topological polar surface area (TPSA) is 115 Å². The number of ether oxygens (including phenoxy) is 2. The first-order chi connectivity index (χ1) is 17.5. The Hall–Kier alpha value is -2.76. The second-order valence-electron chi connectivity index (χ2n) is 10.0. The van der Waals surface area contributed by atoms with Gasteiger partial charge in [0.25, 0.3) is 0 Å². The lowest BCUT2D eigenvalue weighted by atomic mass is 9.91. The minimum atomic E-state index is -0.771. The Morgan fingerprint density at radius 2 is 2.03 bits per heavy atom. The number of rotatable bonds is 7. The van der Waals surface area contributed by atoms with Crippen LogP contribution in [0, 0.1) is 0 Å². The monoisotopic (exact) mass is 512 g/mol. The van der Waals surface area contributed by atoms with Crippen LogP contribution in [0.25, 0.3) is 10.2 Å². The number of hydrogen-bond acceptors (Lipinski definition) is 9. The number of aryl methyl sites for hydroxylation is 2. The number of carboxylic acids is 1. The summed E-state index contributed by atoms with van der Waals surface area (Å²) in [5, 5.41) is 17.9. The van der Waals surface area contributed by atoms with E-state index in [0.29, 0.717) is 17.9 Å². The van der Waals surface area contributed by atoms with Gasteiger partial charge in [-0.05, 0) is 50.0 Å². The van der Waals surface area contributed by atoms with Gasteiger partial charge in [-0.25, -0.2) is 4.98 Å². The second kappa shape index (κ2) is 9.95. The number of hydrogen-bond donors (Lipinski definition) is 2. The van der Waals surface area contributed by atoms with Gasteiger partial charge >= 0.3 is 5.97 Å². The van der Waals surface area contributed by atoms with Crippen LogP contribution in [-0.2, 0) is 23.0 Å². The molecule has 36 heavy (non-hydrogen) atoms. The SMILES string of the molecule is Cn1cc(Nc2nc(O[C@H]3CC[C@H](N4CCOCC4)CC3)c3c4c(sc3n2)CC[C@@H]4CC(=O)O)cn1. The summed E-state index contributed by atoms with van der Waals surface area (Å²) in [6.45, 7) is 3.67. The maximum Gasteiger partial charge on any atom is 0.303 e. The molecule has 2 N–H and O–H groups in total. The highest BCUT2D eigenvalue weighted by molar-refractivity contribution is 7.19. The van der Waals surface area contributed by atoms with Gasteiger partial charge in [0.2, 0.25) is 11.8 Å². The molecule has 6 rings (SSSR count). The Labute approximate surface area is 213 Å². The van der Waals surface area contributed by atoms with Crippen LogP contribution in [0.3, 0.4) is 0 Å². The molecule has 0 aromatic carbocycles. The van der Waals surface area contributed by atoms with Crippen LogP contribution in [0.5, 0.6) is 5.88 Å². The maximum absolute atomic E-state index is 11.6. The minimum absolute atomic E-state index is 0.0219. The minimum Gasteiger partial charge on any atom is -0.481 e. The molecule has 2 fully saturated rings. The number of thiophene rings is 1. The molecular weight excluding hydrogens is 480 g/mol. The molecule has 10 nitrogen and oxygen atoms in total. The van der Waals surface area contributed by atoms with Crippen LogP contribution >= 0.6 is 11.3 Å². The number of fused-ring (bicyclic) bond motifs is 3. The largest absolute Gasteiger partial charge is 0.481 e. The van der Waals surface area contributed by atoms with Crippen LogP contribution < -0.4 is 10.1 Å². The van der Waals surface area contributed by atoms with E-state index in [-0.39, 0.29) is 18.4 Å². The fourth-order valence-electron chi connectivity index (χ4n) is 5.90. The van der Waals surface area contributed by atoms with E-state index in [1.165, 1.54) is 4.88 Å². The molecule has 1 saturated heterocycles. The maximum atomic E-state index is 11.6. The van der Waals surface area contributed by atoms with E-state index >= 15 is 0 Å². The van der Waals surface area contributed by atoms with E-state index in [0.717, 1.165) is 86.3 Å². The second-order valence-corrected chi connectivity index (χ2v) is 11.1. The lowest BCUT2D eigenvalue weighted by molar-refractivity contribution is -0.137. The van der Waals surface area contributed by atoms with E-state index in [4.69, 9.17) is 19.4 Å². The summed E-state index contributed by atoms with van der Waals surface area (Å²) in [6, 6.07) is 0.590. The van der Waals surface area contributed by atoms with Crippen LogP contribution in [0.1, 0.15) is 54.9 Å². The molecule has 192 valence electrons. The number of carbonyl (C=O) groups is 1. The van der Waals surface area contributed by atoms with Gasteiger partial charge in [0.1, 0.15) is 10.9 Å². The molecule has 0 unspecified atom stereocenters. The molecule has 0 bridgehead atoms. The van der Waals surface area contributed by atoms with Crippen molar-refractivity contribution in [1.29, 1.82) is 0 Å². The smallest absolute Gasteiger partial charge is 0.303 e. The van der Waals surface area contributed by atoms with Crippen molar-refractivity contribution in [3.63, 3.8) is 0 Å². The highest BCUT2D eigenvalue weighted by Crippen LogP contribution is 2.48. The van der Waals surface area contributed by atoms with Crippen molar-refractivity contribution in [2.75, 3.05) is 31.6 Å². The molecule has 11 heteroatoms. The quantitative estimate of drug-likeness (QED) is 0.489. The number of aliphatic carboxylic acids is 1. The van der Waals surface area contributed by atoms with Crippen LogP contribution in [-0.4, -0.2) is 74.2 Å². The van der Waals surface area contributed by atoms with Crippen molar-refractivity contribution in [3.05, 3.63) is 22.8 Å². The van der Waals surface area contributed by atoms with Crippen LogP contribution in [0.2, 0.25) is 0 Å². The third kappa shape index (κ3) is 4.79. The molecule has 1 aliphatic heterocycles. The molecule has 0 radical (unpaired) electrons. The average Bonchev–Trinajstić information content (AvgIpc) is 3.56. The van der Waals surface area contributed by atoms with Gasteiger partial charge < -0.3 is 19.9 Å². The molecular formula is C25H32N6O4S. The molecule has 3 aliphatic rings. The fourth-order valence-corrected chi connectivity index (χ4v) is 7.17. The Morgan fingerprint density at radius 1 is 1.22 bits per heavy atom. The van der Waals surface area contributed by atoms with Crippen LogP contribution in [0.15, 0.2) is 12.4 Å². The lowest BCUT2D eigenvalue weighted by Crippen LogP contribution is -2.46. The van der Waals surface area contributed by atoms with E-state index in [1.54, 1.807) is 22.2 Å². The Kier molecular flexibility index (Phi) is 6.53. The summed E-state index contributed by atoms with van der Waals surface area (Å²) in [5.74, 6) is 0.261. The first-order valence-electron chi connectivity index (χ1n) is 12.8. The van der Waals surface area contributed by atoms with E-state index in [2.05, 4.69) is 15.3 Å². The van der Waals surface area contributed by atoms with E-state index in [9.17, 15) is 9.90 Å². The summed E-state index contributed by atoms with van der Waals surface area (Å²) in [6.07, 6.45) is 9.70. The van der Waals surface area contributed by atoms with E-state index in [1.807, 2.05) is 13.2 Å². The number of morpholine rings is 1. The van der Waals surface area contributed by atoms with E-state index < -0.39 is 5.97 Å². The average molecular weight is 513 g/mol. The van der Waals surface area contributed by atoms with Crippen LogP contribution in [0.4, 0.5) is 11.6 Å². The number of aromatic nitrogens is 4. The zero-order chi connectivity index (χ0) is 24.6. The number of anilines is 2. The lowest BCUT2D eigenvalue weighted by Gasteiger charge is -2.38. The summed E-state index contributed by atoms with van der Waals surface area (Å²) >= 11 is 1.64. The normalized spacial score (nSPS) is 24.6. The van der Waals surface area contributed by atoms with Crippen molar-refractivity contribution < 1.29 is 19.4 Å². The first-order valence-corrected chi connectivity index (χ1v) is 13.6. The fraction of sp³-hybridized carbons (Fsp3) is 0.600. The molecule has 1 saturated carbocycles. The predicted molar refractivity (Wildman–Crippen MR) is 136 cm³/mol. The summed E-state index contributed by atoms with van der Waals surface area (Å²) < 4.78 is 13.9. The number of nitrogens with one attached hydrogen (secondary N) is 1. The molecule has 1 atom stereocenters. The molecule has 0 amide bonds. The molecule has 0 spiro atoms. The number of carboxylic acid groups (broad SMARTS) is 1. The summed E-state index contributed by atoms with van der Waals surface area (Å²) in [5.41, 5.74) is 1.89. The first kappa shape index (κ1) is 23.6. The molecule has 4 heterocycles. The Morgan fingerprint density at radius 3 is 2.75 bits per heavy atom. The highest BCUT2D eigenvalue weighted by atomic mass is 32.1. The summed E-state index contributed by atoms with van der Waals surface area (Å²) in [7, 11) is 1.86. The van der Waals surface area contributed by atoms with Gasteiger partial charge in [-0.3, -0.25) is 14.4 Å². The Balaban J connectivity index is 1.28.